The van der Waals surface area contributed by atoms with Crippen LogP contribution in [0.4, 0.5) is 9.18 Å². The molecule has 0 aromatic heterocycles. The van der Waals surface area contributed by atoms with Crippen molar-refractivity contribution in [3.63, 3.8) is 0 Å². The number of hydrogen-bond acceptors (Lipinski definition) is 4. The molecule has 2 N–H and O–H groups in total. The molecule has 0 bridgehead atoms. The standard InChI is InChI=1S/C13H13FN2O2S/c1-8-6-9(2-3-10(8)14)7-11-12(17)16(5-4-15)13(18)19-11/h2-3,6-7H,4-5,15H2,1H3. The van der Waals surface area contributed by atoms with Crippen molar-refractivity contribution < 1.29 is 14.0 Å². The van der Waals surface area contributed by atoms with Crippen LogP contribution in [0.1, 0.15) is 11.1 Å². The normalized spacial score (nSPS) is 17.6. The first kappa shape index (κ1) is 13.8. The highest BCUT2D eigenvalue weighted by atomic mass is 32.2. The highest BCUT2D eigenvalue weighted by molar-refractivity contribution is 8.18. The molecular formula is C13H13FN2O2S. The number of carbonyl (C=O) groups is 2. The number of amides is 2. The molecule has 1 aliphatic heterocycles. The summed E-state index contributed by atoms with van der Waals surface area (Å²) in [6, 6.07) is 4.54. The van der Waals surface area contributed by atoms with Gasteiger partial charge in [0.05, 0.1) is 4.91 Å². The Kier molecular flexibility index (Phi) is 4.01. The van der Waals surface area contributed by atoms with Gasteiger partial charge >= 0.3 is 0 Å². The Morgan fingerprint density at radius 3 is 2.79 bits per heavy atom. The molecule has 2 rings (SSSR count). The number of carbonyl (C=O) groups excluding carboxylic acids is 2. The number of halogens is 1. The molecule has 0 saturated carbocycles. The Bertz CT molecular complexity index is 572. The third-order valence-corrected chi connectivity index (χ3v) is 3.61. The second kappa shape index (κ2) is 5.54. The van der Waals surface area contributed by atoms with Gasteiger partial charge in [-0.15, -0.1) is 0 Å². The predicted octanol–water partition coefficient (Wildman–Crippen LogP) is 2.13. The molecule has 1 aromatic carbocycles. The molecule has 1 aliphatic rings. The van der Waals surface area contributed by atoms with Gasteiger partial charge in [-0.1, -0.05) is 6.07 Å². The monoisotopic (exact) mass is 280 g/mol. The molecule has 0 unspecified atom stereocenters. The highest BCUT2D eigenvalue weighted by Crippen LogP contribution is 2.31. The molecule has 0 radical (unpaired) electrons. The van der Waals surface area contributed by atoms with Crippen molar-refractivity contribution in [1.29, 1.82) is 0 Å². The molecule has 19 heavy (non-hydrogen) atoms. The van der Waals surface area contributed by atoms with Crippen LogP contribution in [0.3, 0.4) is 0 Å². The third kappa shape index (κ3) is 2.85. The fraction of sp³-hybridized carbons (Fsp3) is 0.231. The summed E-state index contributed by atoms with van der Waals surface area (Å²) < 4.78 is 13.1. The van der Waals surface area contributed by atoms with Crippen LogP contribution >= 0.6 is 11.8 Å². The van der Waals surface area contributed by atoms with E-state index in [0.717, 1.165) is 16.7 Å². The summed E-state index contributed by atoms with van der Waals surface area (Å²) >= 11 is 0.876. The number of imide groups is 1. The lowest BCUT2D eigenvalue weighted by Crippen LogP contribution is -2.33. The summed E-state index contributed by atoms with van der Waals surface area (Å²) in [6.07, 6.45) is 1.59. The Morgan fingerprint density at radius 1 is 1.42 bits per heavy atom. The minimum absolute atomic E-state index is 0.213. The van der Waals surface area contributed by atoms with Gasteiger partial charge in [0.2, 0.25) is 0 Å². The third-order valence-electron chi connectivity index (χ3n) is 2.71. The minimum atomic E-state index is -0.345. The van der Waals surface area contributed by atoms with E-state index in [4.69, 9.17) is 5.73 Å². The summed E-state index contributed by atoms with van der Waals surface area (Å²) in [5.74, 6) is -0.643. The van der Waals surface area contributed by atoms with E-state index in [-0.39, 0.29) is 30.1 Å². The van der Waals surface area contributed by atoms with Crippen LogP contribution in [0.25, 0.3) is 6.08 Å². The smallest absolute Gasteiger partial charge is 0.293 e. The molecule has 4 nitrogen and oxygen atoms in total. The van der Waals surface area contributed by atoms with E-state index in [1.165, 1.54) is 6.07 Å². The number of hydrogen-bond donors (Lipinski definition) is 1. The maximum Gasteiger partial charge on any atom is 0.293 e. The van der Waals surface area contributed by atoms with Crippen molar-refractivity contribution >= 4 is 29.0 Å². The van der Waals surface area contributed by atoms with Crippen molar-refractivity contribution in [3.05, 3.63) is 40.0 Å². The summed E-state index contributed by atoms with van der Waals surface area (Å²) in [6.45, 7) is 2.10. The van der Waals surface area contributed by atoms with Gasteiger partial charge in [-0.2, -0.15) is 0 Å². The van der Waals surface area contributed by atoms with Gasteiger partial charge < -0.3 is 5.73 Å². The van der Waals surface area contributed by atoms with Gasteiger partial charge in [-0.25, -0.2) is 4.39 Å². The van der Waals surface area contributed by atoms with Crippen LogP contribution in [-0.4, -0.2) is 29.1 Å². The molecule has 0 aliphatic carbocycles. The van der Waals surface area contributed by atoms with Crippen molar-refractivity contribution in [2.24, 2.45) is 5.73 Å². The first-order chi connectivity index (χ1) is 9.02. The van der Waals surface area contributed by atoms with Crippen LogP contribution in [0.15, 0.2) is 23.1 Å². The number of aryl methyl sites for hydroxylation is 1. The summed E-state index contributed by atoms with van der Waals surface area (Å²) in [4.78, 5) is 25.0. The number of nitrogens with zero attached hydrogens (tertiary/aromatic N) is 1. The van der Waals surface area contributed by atoms with E-state index in [1.807, 2.05) is 0 Å². The maximum absolute atomic E-state index is 13.1. The molecule has 1 fully saturated rings. The second-order valence-electron chi connectivity index (χ2n) is 4.13. The quantitative estimate of drug-likeness (QED) is 0.861. The predicted molar refractivity (Wildman–Crippen MR) is 72.9 cm³/mol. The Balaban J connectivity index is 2.27. The molecule has 0 spiro atoms. The summed E-state index contributed by atoms with van der Waals surface area (Å²) in [5.41, 5.74) is 6.54. The van der Waals surface area contributed by atoms with Crippen LogP contribution in [0.5, 0.6) is 0 Å². The molecule has 1 heterocycles. The zero-order valence-electron chi connectivity index (χ0n) is 10.4. The van der Waals surface area contributed by atoms with E-state index in [2.05, 4.69) is 0 Å². The van der Waals surface area contributed by atoms with Gasteiger partial charge in [0.1, 0.15) is 5.82 Å². The average molecular weight is 280 g/mol. The minimum Gasteiger partial charge on any atom is -0.329 e. The van der Waals surface area contributed by atoms with Crippen LogP contribution in [0.2, 0.25) is 0 Å². The maximum atomic E-state index is 13.1. The van der Waals surface area contributed by atoms with Gasteiger partial charge in [0.15, 0.2) is 0 Å². The van der Waals surface area contributed by atoms with E-state index in [1.54, 1.807) is 25.1 Å². The molecule has 6 heteroatoms. The van der Waals surface area contributed by atoms with Gasteiger partial charge in [-0.3, -0.25) is 14.5 Å². The first-order valence-electron chi connectivity index (χ1n) is 5.74. The SMILES string of the molecule is Cc1cc(C=C2SC(=O)N(CCN)C2=O)ccc1F. The number of benzene rings is 1. The zero-order chi connectivity index (χ0) is 14.0. The summed E-state index contributed by atoms with van der Waals surface area (Å²) in [5, 5.41) is -0.319. The van der Waals surface area contributed by atoms with E-state index >= 15 is 0 Å². The Morgan fingerprint density at radius 2 is 2.16 bits per heavy atom. The van der Waals surface area contributed by atoms with Gasteiger partial charge in [0.25, 0.3) is 11.1 Å². The van der Waals surface area contributed by atoms with Gasteiger partial charge in [0, 0.05) is 13.1 Å². The largest absolute Gasteiger partial charge is 0.329 e. The number of nitrogens with two attached hydrogens (primary N) is 1. The number of thioether (sulfide) groups is 1. The Hall–Kier alpha value is -1.66. The lowest BCUT2D eigenvalue weighted by atomic mass is 10.1. The molecule has 0 atom stereocenters. The first-order valence-corrected chi connectivity index (χ1v) is 6.56. The average Bonchev–Trinajstić information content (AvgIpc) is 2.62. The Labute approximate surface area is 114 Å². The topological polar surface area (TPSA) is 63.4 Å². The molecule has 100 valence electrons. The summed E-state index contributed by atoms with van der Waals surface area (Å²) in [7, 11) is 0. The van der Waals surface area contributed by atoms with Crippen molar-refractivity contribution in [3.8, 4) is 0 Å². The van der Waals surface area contributed by atoms with Crippen LogP contribution in [0, 0.1) is 12.7 Å². The molecule has 1 aromatic rings. The highest BCUT2D eigenvalue weighted by Gasteiger charge is 2.34. The second-order valence-corrected chi connectivity index (χ2v) is 5.12. The molecular weight excluding hydrogens is 267 g/mol. The zero-order valence-corrected chi connectivity index (χ0v) is 11.2. The van der Waals surface area contributed by atoms with Crippen molar-refractivity contribution in [2.75, 3.05) is 13.1 Å². The van der Waals surface area contributed by atoms with Crippen molar-refractivity contribution in [1.82, 2.24) is 4.90 Å². The fourth-order valence-electron chi connectivity index (χ4n) is 1.73. The van der Waals surface area contributed by atoms with E-state index < -0.39 is 0 Å². The molecule has 1 saturated heterocycles. The number of rotatable bonds is 3. The molecule has 2 amide bonds. The van der Waals surface area contributed by atoms with Crippen molar-refractivity contribution in [2.45, 2.75) is 6.92 Å². The van der Waals surface area contributed by atoms with Crippen LogP contribution < -0.4 is 5.73 Å². The van der Waals surface area contributed by atoms with E-state index in [9.17, 15) is 14.0 Å². The van der Waals surface area contributed by atoms with Crippen LogP contribution in [-0.2, 0) is 4.79 Å². The lowest BCUT2D eigenvalue weighted by molar-refractivity contribution is -0.122. The lowest BCUT2D eigenvalue weighted by Gasteiger charge is -2.09. The fourth-order valence-corrected chi connectivity index (χ4v) is 2.60. The van der Waals surface area contributed by atoms with E-state index in [0.29, 0.717) is 16.0 Å². The van der Waals surface area contributed by atoms with Gasteiger partial charge in [-0.05, 0) is 48.0 Å².